The molecule has 5 heteroatoms. The van der Waals surface area contributed by atoms with Gasteiger partial charge in [-0.15, -0.1) is 11.3 Å². The lowest BCUT2D eigenvalue weighted by Crippen LogP contribution is -2.25. The van der Waals surface area contributed by atoms with E-state index in [9.17, 15) is 0 Å². The fraction of sp³-hybridized carbons (Fsp3) is 0.438. The SMILES string of the molecule is CC(C)(C)Nc1nc(-c2ccc3c(c2)OCCCO3)cs1. The van der Waals surface area contributed by atoms with Crippen molar-refractivity contribution in [3.05, 3.63) is 23.6 Å². The van der Waals surface area contributed by atoms with Gasteiger partial charge in [0.05, 0.1) is 18.9 Å². The molecule has 1 aliphatic rings. The molecule has 3 rings (SSSR count). The number of nitrogens with one attached hydrogen (secondary N) is 1. The number of anilines is 1. The van der Waals surface area contributed by atoms with Gasteiger partial charge in [0.2, 0.25) is 0 Å². The quantitative estimate of drug-likeness (QED) is 0.904. The molecule has 0 spiro atoms. The minimum atomic E-state index is 0.0137. The zero-order valence-electron chi connectivity index (χ0n) is 12.6. The number of rotatable bonds is 2. The summed E-state index contributed by atoms with van der Waals surface area (Å²) in [5.41, 5.74) is 2.03. The molecule has 0 atom stereocenters. The molecule has 0 saturated carbocycles. The summed E-state index contributed by atoms with van der Waals surface area (Å²) < 4.78 is 11.4. The highest BCUT2D eigenvalue weighted by Gasteiger charge is 2.15. The number of hydrogen-bond donors (Lipinski definition) is 1. The Morgan fingerprint density at radius 1 is 1.14 bits per heavy atom. The summed E-state index contributed by atoms with van der Waals surface area (Å²) in [6.07, 6.45) is 0.917. The Morgan fingerprint density at radius 2 is 1.90 bits per heavy atom. The van der Waals surface area contributed by atoms with Crippen molar-refractivity contribution >= 4 is 16.5 Å². The summed E-state index contributed by atoms with van der Waals surface area (Å²) >= 11 is 1.62. The highest BCUT2D eigenvalue weighted by atomic mass is 32.1. The van der Waals surface area contributed by atoms with E-state index in [1.807, 2.05) is 18.2 Å². The molecule has 2 aromatic rings. The van der Waals surface area contributed by atoms with Gasteiger partial charge in [0, 0.05) is 22.9 Å². The number of ether oxygens (including phenoxy) is 2. The first-order chi connectivity index (χ1) is 10.0. The van der Waals surface area contributed by atoms with Gasteiger partial charge in [-0.3, -0.25) is 0 Å². The van der Waals surface area contributed by atoms with Crippen LogP contribution in [0.5, 0.6) is 11.5 Å². The predicted molar refractivity (Wildman–Crippen MR) is 86.5 cm³/mol. The predicted octanol–water partition coefficient (Wildman–Crippen LogP) is 4.18. The second-order valence-corrected chi connectivity index (χ2v) is 6.98. The van der Waals surface area contributed by atoms with Gasteiger partial charge in [-0.25, -0.2) is 4.98 Å². The Labute approximate surface area is 129 Å². The lowest BCUT2D eigenvalue weighted by atomic mass is 10.1. The third kappa shape index (κ3) is 3.47. The molecule has 1 aromatic carbocycles. The Balaban J connectivity index is 1.85. The maximum atomic E-state index is 5.73. The molecular weight excluding hydrogens is 284 g/mol. The molecule has 2 heterocycles. The molecule has 0 bridgehead atoms. The Morgan fingerprint density at radius 3 is 2.67 bits per heavy atom. The summed E-state index contributed by atoms with van der Waals surface area (Å²) in [6.45, 7) is 7.79. The summed E-state index contributed by atoms with van der Waals surface area (Å²) in [4.78, 5) is 4.65. The normalized spacial score (nSPS) is 14.6. The molecule has 1 N–H and O–H groups in total. The molecule has 1 aliphatic heterocycles. The summed E-state index contributed by atoms with van der Waals surface area (Å²) in [5, 5.41) is 6.39. The number of aromatic nitrogens is 1. The number of nitrogens with zero attached hydrogens (tertiary/aromatic N) is 1. The van der Waals surface area contributed by atoms with Crippen LogP contribution in [-0.4, -0.2) is 23.7 Å². The Hall–Kier alpha value is -1.75. The van der Waals surface area contributed by atoms with E-state index < -0.39 is 0 Å². The average Bonchev–Trinajstić information content (AvgIpc) is 2.73. The van der Waals surface area contributed by atoms with Crippen molar-refractivity contribution in [3.63, 3.8) is 0 Å². The van der Waals surface area contributed by atoms with Crippen LogP contribution in [0.3, 0.4) is 0 Å². The minimum absolute atomic E-state index is 0.0137. The van der Waals surface area contributed by atoms with Gasteiger partial charge in [0.1, 0.15) is 0 Å². The zero-order valence-corrected chi connectivity index (χ0v) is 13.4. The Kier molecular flexibility index (Phi) is 3.76. The van der Waals surface area contributed by atoms with E-state index in [0.29, 0.717) is 13.2 Å². The molecule has 0 radical (unpaired) electrons. The van der Waals surface area contributed by atoms with Gasteiger partial charge in [-0.05, 0) is 39.0 Å². The first-order valence-electron chi connectivity index (χ1n) is 7.15. The summed E-state index contributed by atoms with van der Waals surface area (Å²) in [7, 11) is 0. The van der Waals surface area contributed by atoms with Crippen LogP contribution in [0, 0.1) is 0 Å². The van der Waals surface area contributed by atoms with Crippen LogP contribution >= 0.6 is 11.3 Å². The van der Waals surface area contributed by atoms with E-state index in [1.54, 1.807) is 11.3 Å². The monoisotopic (exact) mass is 304 g/mol. The summed E-state index contributed by atoms with van der Waals surface area (Å²) in [5.74, 6) is 1.63. The van der Waals surface area contributed by atoms with Gasteiger partial charge in [0.25, 0.3) is 0 Å². The smallest absolute Gasteiger partial charge is 0.183 e. The van der Waals surface area contributed by atoms with E-state index in [0.717, 1.165) is 34.3 Å². The molecule has 1 aromatic heterocycles. The maximum absolute atomic E-state index is 5.73. The second kappa shape index (κ2) is 5.56. The van der Waals surface area contributed by atoms with Crippen LogP contribution < -0.4 is 14.8 Å². The molecule has 0 aliphatic carbocycles. The van der Waals surface area contributed by atoms with Crippen molar-refractivity contribution in [2.75, 3.05) is 18.5 Å². The minimum Gasteiger partial charge on any atom is -0.490 e. The molecule has 21 heavy (non-hydrogen) atoms. The largest absolute Gasteiger partial charge is 0.490 e. The van der Waals surface area contributed by atoms with Gasteiger partial charge < -0.3 is 14.8 Å². The molecule has 0 fully saturated rings. The molecule has 4 nitrogen and oxygen atoms in total. The van der Waals surface area contributed by atoms with Gasteiger partial charge in [-0.2, -0.15) is 0 Å². The third-order valence-corrected chi connectivity index (χ3v) is 3.79. The number of thiazole rings is 1. The fourth-order valence-electron chi connectivity index (χ4n) is 2.11. The van der Waals surface area contributed by atoms with E-state index in [2.05, 4.69) is 36.5 Å². The fourth-order valence-corrected chi connectivity index (χ4v) is 3.04. The molecule has 0 unspecified atom stereocenters. The molecule has 0 saturated heterocycles. The summed E-state index contributed by atoms with van der Waals surface area (Å²) in [6, 6.07) is 6.01. The topological polar surface area (TPSA) is 43.4 Å². The number of fused-ring (bicyclic) bond motifs is 1. The van der Waals surface area contributed by atoms with E-state index in [-0.39, 0.29) is 5.54 Å². The first-order valence-corrected chi connectivity index (χ1v) is 8.03. The van der Waals surface area contributed by atoms with Crippen molar-refractivity contribution in [2.24, 2.45) is 0 Å². The highest BCUT2D eigenvalue weighted by molar-refractivity contribution is 7.14. The van der Waals surface area contributed by atoms with Crippen LogP contribution in [-0.2, 0) is 0 Å². The second-order valence-electron chi connectivity index (χ2n) is 6.12. The van der Waals surface area contributed by atoms with E-state index in [4.69, 9.17) is 9.47 Å². The van der Waals surface area contributed by atoms with Crippen molar-refractivity contribution in [1.82, 2.24) is 4.98 Å². The van der Waals surface area contributed by atoms with Crippen LogP contribution in [0.2, 0.25) is 0 Å². The Bertz CT molecular complexity index is 631. The van der Waals surface area contributed by atoms with Crippen molar-refractivity contribution in [2.45, 2.75) is 32.7 Å². The van der Waals surface area contributed by atoms with Gasteiger partial charge in [-0.1, -0.05) is 0 Å². The van der Waals surface area contributed by atoms with E-state index >= 15 is 0 Å². The zero-order chi connectivity index (χ0) is 14.9. The van der Waals surface area contributed by atoms with E-state index in [1.165, 1.54) is 0 Å². The van der Waals surface area contributed by atoms with Crippen LogP contribution in [0.25, 0.3) is 11.3 Å². The molecule has 0 amide bonds. The lowest BCUT2D eigenvalue weighted by molar-refractivity contribution is 0.297. The highest BCUT2D eigenvalue weighted by Crippen LogP contribution is 2.35. The van der Waals surface area contributed by atoms with Gasteiger partial charge in [0.15, 0.2) is 16.6 Å². The standard InChI is InChI=1S/C16H20N2O2S/c1-16(2,3)18-15-17-12(10-21-15)11-5-6-13-14(9-11)20-8-4-7-19-13/h5-6,9-10H,4,7-8H2,1-3H3,(H,17,18). The third-order valence-electron chi connectivity index (χ3n) is 3.03. The van der Waals surface area contributed by atoms with Crippen molar-refractivity contribution in [1.29, 1.82) is 0 Å². The molecular formula is C16H20N2O2S. The van der Waals surface area contributed by atoms with Crippen molar-refractivity contribution in [3.8, 4) is 22.8 Å². The number of hydrogen-bond acceptors (Lipinski definition) is 5. The first kappa shape index (κ1) is 14.2. The van der Waals surface area contributed by atoms with Crippen molar-refractivity contribution < 1.29 is 9.47 Å². The van der Waals surface area contributed by atoms with Crippen LogP contribution in [0.15, 0.2) is 23.6 Å². The lowest BCUT2D eigenvalue weighted by Gasteiger charge is -2.19. The van der Waals surface area contributed by atoms with Gasteiger partial charge >= 0.3 is 0 Å². The average molecular weight is 304 g/mol. The molecule has 112 valence electrons. The van der Waals surface area contributed by atoms with Crippen LogP contribution in [0.1, 0.15) is 27.2 Å². The van der Waals surface area contributed by atoms with Crippen LogP contribution in [0.4, 0.5) is 5.13 Å². The number of benzene rings is 1. The maximum Gasteiger partial charge on any atom is 0.183 e.